The van der Waals surface area contributed by atoms with Crippen molar-refractivity contribution in [2.24, 2.45) is 0 Å². The van der Waals surface area contributed by atoms with Gasteiger partial charge in [0.1, 0.15) is 11.5 Å². The second-order valence-electron chi connectivity index (χ2n) is 3.17. The van der Waals surface area contributed by atoms with E-state index in [1.807, 2.05) is 6.26 Å². The van der Waals surface area contributed by atoms with Gasteiger partial charge in [0, 0.05) is 6.07 Å². The summed E-state index contributed by atoms with van der Waals surface area (Å²) in [7, 11) is 3.04. The van der Waals surface area contributed by atoms with Crippen molar-refractivity contribution in [1.29, 1.82) is 0 Å². The van der Waals surface area contributed by atoms with Crippen molar-refractivity contribution in [3.05, 3.63) is 17.2 Å². The molecule has 4 nitrogen and oxygen atoms in total. The number of benzene rings is 1. The normalized spacial score (nSPS) is 9.88. The quantitative estimate of drug-likeness (QED) is 0.897. The molecule has 0 saturated carbocycles. The van der Waals surface area contributed by atoms with E-state index < -0.39 is 0 Å². The van der Waals surface area contributed by atoms with Crippen molar-refractivity contribution in [1.82, 2.24) is 0 Å². The molecule has 1 amide bonds. The molecule has 0 aromatic heterocycles. The summed E-state index contributed by atoms with van der Waals surface area (Å²) in [6.45, 7) is 0. The van der Waals surface area contributed by atoms with E-state index in [1.165, 1.54) is 26.0 Å². The molecule has 0 atom stereocenters. The van der Waals surface area contributed by atoms with Crippen molar-refractivity contribution in [2.45, 2.75) is 0 Å². The van der Waals surface area contributed by atoms with Gasteiger partial charge in [-0.3, -0.25) is 4.79 Å². The van der Waals surface area contributed by atoms with E-state index in [0.29, 0.717) is 28.0 Å². The molecule has 1 rings (SSSR count). The molecule has 0 fully saturated rings. The molecule has 1 N–H and O–H groups in total. The van der Waals surface area contributed by atoms with Gasteiger partial charge in [0.05, 0.1) is 30.7 Å². The van der Waals surface area contributed by atoms with Gasteiger partial charge in [0.15, 0.2) is 0 Å². The van der Waals surface area contributed by atoms with E-state index in [1.54, 1.807) is 12.1 Å². The highest BCUT2D eigenvalue weighted by atomic mass is 35.5. The summed E-state index contributed by atoms with van der Waals surface area (Å²) in [6.07, 6.45) is 1.86. The maximum absolute atomic E-state index is 11.5. The van der Waals surface area contributed by atoms with E-state index in [2.05, 4.69) is 5.32 Å². The minimum Gasteiger partial charge on any atom is -0.495 e. The van der Waals surface area contributed by atoms with Crippen molar-refractivity contribution in [3.63, 3.8) is 0 Å². The van der Waals surface area contributed by atoms with Crippen LogP contribution in [0.4, 0.5) is 5.69 Å². The first kappa shape index (κ1) is 14.0. The van der Waals surface area contributed by atoms with Crippen molar-refractivity contribution >= 4 is 35.0 Å². The van der Waals surface area contributed by atoms with E-state index >= 15 is 0 Å². The zero-order chi connectivity index (χ0) is 12.8. The van der Waals surface area contributed by atoms with Crippen molar-refractivity contribution in [3.8, 4) is 11.5 Å². The number of thioether (sulfide) groups is 1. The number of carbonyl (C=O) groups excluding carboxylic acids is 1. The fourth-order valence-electron chi connectivity index (χ4n) is 1.28. The number of ether oxygens (including phenoxy) is 2. The Morgan fingerprint density at radius 2 is 2.00 bits per heavy atom. The summed E-state index contributed by atoms with van der Waals surface area (Å²) in [5.41, 5.74) is 0.539. The fourth-order valence-corrected chi connectivity index (χ4v) is 1.85. The number of methoxy groups -OCH3 is 2. The van der Waals surface area contributed by atoms with E-state index in [9.17, 15) is 4.79 Å². The highest BCUT2D eigenvalue weighted by Crippen LogP contribution is 2.35. The van der Waals surface area contributed by atoms with Gasteiger partial charge in [0.2, 0.25) is 5.91 Å². The van der Waals surface area contributed by atoms with E-state index in [0.717, 1.165) is 0 Å². The summed E-state index contributed by atoms with van der Waals surface area (Å²) >= 11 is 7.43. The molecule has 0 radical (unpaired) electrons. The summed E-state index contributed by atoms with van der Waals surface area (Å²) in [5.74, 6) is 1.30. The summed E-state index contributed by atoms with van der Waals surface area (Å²) < 4.78 is 10.2. The Morgan fingerprint density at radius 3 is 2.53 bits per heavy atom. The van der Waals surface area contributed by atoms with Crippen LogP contribution in [-0.4, -0.2) is 32.1 Å². The number of rotatable bonds is 5. The number of hydrogen-bond donors (Lipinski definition) is 1. The molecule has 1 aromatic rings. The lowest BCUT2D eigenvalue weighted by Gasteiger charge is -2.12. The zero-order valence-electron chi connectivity index (χ0n) is 9.87. The Morgan fingerprint density at radius 1 is 1.35 bits per heavy atom. The number of hydrogen-bond acceptors (Lipinski definition) is 4. The molecular weight excluding hydrogens is 262 g/mol. The molecule has 0 saturated heterocycles. The molecule has 0 heterocycles. The van der Waals surface area contributed by atoms with Crippen LogP contribution in [0.1, 0.15) is 0 Å². The van der Waals surface area contributed by atoms with Crippen LogP contribution < -0.4 is 14.8 Å². The Kier molecular flexibility index (Phi) is 5.44. The number of carbonyl (C=O) groups is 1. The molecule has 1 aromatic carbocycles. The van der Waals surface area contributed by atoms with Crippen LogP contribution in [0.25, 0.3) is 0 Å². The van der Waals surface area contributed by atoms with Gasteiger partial charge in [-0.25, -0.2) is 0 Å². The lowest BCUT2D eigenvalue weighted by atomic mass is 10.2. The summed E-state index contributed by atoms with van der Waals surface area (Å²) in [6, 6.07) is 3.24. The van der Waals surface area contributed by atoms with Gasteiger partial charge in [-0.15, -0.1) is 0 Å². The SMILES string of the molecule is COc1cc(OC)c(NC(=O)CSC)cc1Cl. The molecule has 0 aliphatic heterocycles. The molecular formula is C11H14ClNO3S. The largest absolute Gasteiger partial charge is 0.495 e. The standard InChI is InChI=1S/C11H14ClNO3S/c1-15-9-5-10(16-2)8(4-7(9)12)13-11(14)6-17-3/h4-5H,6H2,1-3H3,(H,13,14). The Hall–Kier alpha value is -1.07. The van der Waals surface area contributed by atoms with Crippen molar-refractivity contribution in [2.75, 3.05) is 31.5 Å². The lowest BCUT2D eigenvalue weighted by Crippen LogP contribution is -2.14. The molecule has 6 heteroatoms. The number of anilines is 1. The van der Waals surface area contributed by atoms with Crippen LogP contribution in [0.2, 0.25) is 5.02 Å². The molecule has 94 valence electrons. The maximum Gasteiger partial charge on any atom is 0.234 e. The number of halogens is 1. The smallest absolute Gasteiger partial charge is 0.234 e. The van der Waals surface area contributed by atoms with Crippen LogP contribution in [0.15, 0.2) is 12.1 Å². The fraction of sp³-hybridized carbons (Fsp3) is 0.364. The number of amides is 1. The van der Waals surface area contributed by atoms with Gasteiger partial charge in [-0.05, 0) is 12.3 Å². The zero-order valence-corrected chi connectivity index (χ0v) is 11.4. The Balaban J connectivity index is 2.98. The summed E-state index contributed by atoms with van der Waals surface area (Å²) in [5, 5.41) is 3.15. The van der Waals surface area contributed by atoms with Crippen molar-refractivity contribution < 1.29 is 14.3 Å². The van der Waals surface area contributed by atoms with Gasteiger partial charge in [-0.1, -0.05) is 11.6 Å². The highest BCUT2D eigenvalue weighted by molar-refractivity contribution is 7.99. The second kappa shape index (κ2) is 6.61. The lowest BCUT2D eigenvalue weighted by molar-refractivity contribution is -0.113. The molecule has 17 heavy (non-hydrogen) atoms. The Bertz CT molecular complexity index is 412. The highest BCUT2D eigenvalue weighted by Gasteiger charge is 2.11. The van der Waals surface area contributed by atoms with Gasteiger partial charge in [0.25, 0.3) is 0 Å². The Labute approximate surface area is 110 Å². The molecule has 0 spiro atoms. The van der Waals surface area contributed by atoms with Gasteiger partial charge < -0.3 is 14.8 Å². The minimum atomic E-state index is -0.1000. The van der Waals surface area contributed by atoms with Gasteiger partial charge >= 0.3 is 0 Å². The van der Waals surface area contributed by atoms with Crippen LogP contribution in [-0.2, 0) is 4.79 Å². The average molecular weight is 276 g/mol. The van der Waals surface area contributed by atoms with Crippen LogP contribution in [0.3, 0.4) is 0 Å². The third-order valence-electron chi connectivity index (χ3n) is 2.02. The minimum absolute atomic E-state index is 0.1000. The first-order chi connectivity index (χ1) is 8.12. The topological polar surface area (TPSA) is 47.6 Å². The van der Waals surface area contributed by atoms with Crippen LogP contribution in [0.5, 0.6) is 11.5 Å². The maximum atomic E-state index is 11.5. The average Bonchev–Trinajstić information content (AvgIpc) is 2.29. The molecule has 0 bridgehead atoms. The third kappa shape index (κ3) is 3.71. The summed E-state index contributed by atoms with van der Waals surface area (Å²) in [4.78, 5) is 11.5. The monoisotopic (exact) mass is 275 g/mol. The number of nitrogens with one attached hydrogen (secondary N) is 1. The third-order valence-corrected chi connectivity index (χ3v) is 2.87. The predicted octanol–water partition coefficient (Wildman–Crippen LogP) is 2.66. The second-order valence-corrected chi connectivity index (χ2v) is 4.44. The predicted molar refractivity (Wildman–Crippen MR) is 71.6 cm³/mol. The van der Waals surface area contributed by atoms with Crippen LogP contribution in [0, 0.1) is 0 Å². The van der Waals surface area contributed by atoms with E-state index in [4.69, 9.17) is 21.1 Å². The first-order valence-corrected chi connectivity index (χ1v) is 6.59. The molecule has 0 aliphatic rings. The molecule has 0 aliphatic carbocycles. The first-order valence-electron chi connectivity index (χ1n) is 4.82. The van der Waals surface area contributed by atoms with Gasteiger partial charge in [-0.2, -0.15) is 11.8 Å². The van der Waals surface area contributed by atoms with E-state index in [-0.39, 0.29) is 5.91 Å². The molecule has 0 unspecified atom stereocenters. The van der Waals surface area contributed by atoms with Crippen LogP contribution >= 0.6 is 23.4 Å².